The minimum absolute atomic E-state index is 0.0212. The van der Waals surface area contributed by atoms with Gasteiger partial charge in [0.2, 0.25) is 0 Å². The van der Waals surface area contributed by atoms with Crippen LogP contribution in [-0.2, 0) is 6.37 Å². The molecule has 1 N–H and O–H groups in total. The number of aromatic hydroxyl groups is 1. The van der Waals surface area contributed by atoms with Crippen molar-refractivity contribution in [3.05, 3.63) is 193 Å². The number of phenolic OH excluding ortho intramolecular Hbond substituents is 1. The Hall–Kier alpha value is -7.04. The number of hydrogen-bond donors (Lipinski definition) is 1. The predicted molar refractivity (Wildman–Crippen MR) is 265 cm³/mol. The van der Waals surface area contributed by atoms with Crippen molar-refractivity contribution in [3.8, 4) is 78.6 Å². The van der Waals surface area contributed by atoms with Crippen LogP contribution in [0.2, 0.25) is 0 Å². The zero-order chi connectivity index (χ0) is 44.6. The first-order valence-corrected chi connectivity index (χ1v) is 23.2. The molecule has 0 radical (unpaired) electrons. The van der Waals surface area contributed by atoms with E-state index in [-0.39, 0.29) is 11.7 Å². The number of benzene rings is 7. The summed E-state index contributed by atoms with van der Waals surface area (Å²) in [6.45, 7) is 0. The molecule has 0 spiro atoms. The van der Waals surface area contributed by atoms with Crippen LogP contribution in [0, 0.1) is 5.92 Å². The molecule has 4 heteroatoms. The number of phenols is 1. The van der Waals surface area contributed by atoms with Crippen molar-refractivity contribution in [2.24, 2.45) is 5.92 Å². The first-order valence-electron chi connectivity index (χ1n) is 24.2. The Kier molecular flexibility index (Phi) is 10.3. The lowest BCUT2D eigenvalue weighted by molar-refractivity contribution is 0.443. The van der Waals surface area contributed by atoms with Crippen LogP contribution >= 0.6 is 0 Å². The van der Waals surface area contributed by atoms with Gasteiger partial charge in [0.1, 0.15) is 11.6 Å². The summed E-state index contributed by atoms with van der Waals surface area (Å²) in [6, 6.07) is 60.7. The molecule has 2 heterocycles. The molecule has 314 valence electrons. The highest BCUT2D eigenvalue weighted by molar-refractivity contribution is 5.98. The molecule has 0 aliphatic heterocycles. The van der Waals surface area contributed by atoms with Gasteiger partial charge in [-0.05, 0) is 136 Å². The summed E-state index contributed by atoms with van der Waals surface area (Å²) in [5.41, 5.74) is 15.5. The quantitative estimate of drug-likeness (QED) is 0.149. The van der Waals surface area contributed by atoms with Crippen molar-refractivity contribution in [1.29, 1.82) is 0 Å². The minimum Gasteiger partial charge on any atom is -0.507 e. The number of rotatable bonds is 10. The third-order valence-electron chi connectivity index (χ3n) is 13.6. The Bertz CT molecular complexity index is 3170. The van der Waals surface area contributed by atoms with E-state index < -0.39 is 6.37 Å². The fraction of sp³-hybridized carbons (Fsp3) is 0.200. The molecule has 2 aromatic heterocycles. The molecule has 2 aliphatic rings. The molecule has 0 amide bonds. The first-order chi connectivity index (χ1) is 32.4. The van der Waals surface area contributed by atoms with Crippen molar-refractivity contribution in [2.75, 3.05) is 0 Å². The van der Waals surface area contributed by atoms with Crippen molar-refractivity contribution in [1.82, 2.24) is 14.5 Å². The summed E-state index contributed by atoms with van der Waals surface area (Å²) in [5.74, 6) is 1.37. The molecule has 0 atom stereocenters. The van der Waals surface area contributed by atoms with Crippen LogP contribution in [0.3, 0.4) is 0 Å². The zero-order valence-corrected chi connectivity index (χ0v) is 36.1. The number of hydrogen-bond acceptors (Lipinski definition) is 3. The normalized spacial score (nSPS) is 15.3. The molecule has 2 fully saturated rings. The SMILES string of the molecule is [2H]C([2H])(c1ccc(-n2c(-c3ccccc3O)nc3c(-c4cc(-c5ccccc5)cc(-c5cc(-c6ccc(C7CCCCC7)cc6)ccn5)c4)cccc32)c(-c2ccccc2)c1)C1CCCC1. The molecule has 64 heavy (non-hydrogen) atoms. The molecule has 2 aliphatic carbocycles. The molecule has 7 aromatic carbocycles. The van der Waals surface area contributed by atoms with Gasteiger partial charge in [0.15, 0.2) is 0 Å². The number of para-hydroxylation sites is 2. The van der Waals surface area contributed by atoms with E-state index in [2.05, 4.69) is 126 Å². The second kappa shape index (κ2) is 17.6. The van der Waals surface area contributed by atoms with Gasteiger partial charge >= 0.3 is 0 Å². The number of pyridine rings is 1. The molecule has 0 unspecified atom stereocenters. The fourth-order valence-electron chi connectivity index (χ4n) is 10.3. The molecule has 4 nitrogen and oxygen atoms in total. The molecule has 0 saturated heterocycles. The van der Waals surface area contributed by atoms with Crippen LogP contribution in [0.5, 0.6) is 5.75 Å². The minimum atomic E-state index is -1.47. The molecule has 2 saturated carbocycles. The van der Waals surface area contributed by atoms with Gasteiger partial charge in [-0.25, -0.2) is 4.98 Å². The van der Waals surface area contributed by atoms with Gasteiger partial charge in [0.25, 0.3) is 0 Å². The highest BCUT2D eigenvalue weighted by Crippen LogP contribution is 2.42. The number of fused-ring (bicyclic) bond motifs is 1. The van der Waals surface area contributed by atoms with Gasteiger partial charge in [-0.2, -0.15) is 0 Å². The first kappa shape index (κ1) is 37.5. The highest BCUT2D eigenvalue weighted by Gasteiger charge is 2.24. The topological polar surface area (TPSA) is 50.9 Å². The van der Waals surface area contributed by atoms with Crippen molar-refractivity contribution >= 4 is 11.0 Å². The van der Waals surface area contributed by atoms with E-state index >= 15 is 0 Å². The van der Waals surface area contributed by atoms with E-state index in [4.69, 9.17) is 9.97 Å². The van der Waals surface area contributed by atoms with Crippen LogP contribution in [0.4, 0.5) is 0 Å². The lowest BCUT2D eigenvalue weighted by atomic mass is 9.84. The van der Waals surface area contributed by atoms with E-state index in [1.165, 1.54) is 43.2 Å². The van der Waals surface area contributed by atoms with Gasteiger partial charge in [-0.15, -0.1) is 0 Å². The summed E-state index contributed by atoms with van der Waals surface area (Å²) in [6.07, 6.45) is 10.9. The summed E-state index contributed by atoms with van der Waals surface area (Å²) in [4.78, 5) is 10.5. The summed E-state index contributed by atoms with van der Waals surface area (Å²) < 4.78 is 20.9. The number of imidazole rings is 1. The number of aromatic nitrogens is 3. The van der Waals surface area contributed by atoms with Crippen molar-refractivity contribution in [3.63, 3.8) is 0 Å². The third kappa shape index (κ3) is 7.94. The predicted octanol–water partition coefficient (Wildman–Crippen LogP) is 15.9. The lowest BCUT2D eigenvalue weighted by Gasteiger charge is -2.22. The van der Waals surface area contributed by atoms with Crippen LogP contribution in [0.25, 0.3) is 83.9 Å². The average molecular weight is 834 g/mol. The fourth-order valence-corrected chi connectivity index (χ4v) is 10.3. The molecule has 11 rings (SSSR count). The van der Waals surface area contributed by atoms with E-state index in [9.17, 15) is 7.85 Å². The zero-order valence-electron chi connectivity index (χ0n) is 38.1. The van der Waals surface area contributed by atoms with Crippen molar-refractivity contribution in [2.45, 2.75) is 70.1 Å². The second-order valence-electron chi connectivity index (χ2n) is 17.7. The Balaban J connectivity index is 1.08. The maximum Gasteiger partial charge on any atom is 0.149 e. The third-order valence-corrected chi connectivity index (χ3v) is 13.6. The summed E-state index contributed by atoms with van der Waals surface area (Å²) in [7, 11) is 0. The Labute approximate surface area is 379 Å². The van der Waals surface area contributed by atoms with Crippen LogP contribution in [0.1, 0.15) is 77.6 Å². The maximum absolute atomic E-state index is 11.5. The smallest absolute Gasteiger partial charge is 0.149 e. The van der Waals surface area contributed by atoms with Gasteiger partial charge in [-0.1, -0.05) is 160 Å². The van der Waals surface area contributed by atoms with E-state index in [1.807, 2.05) is 54.7 Å². The Morgan fingerprint density at radius 2 is 1.19 bits per heavy atom. The van der Waals surface area contributed by atoms with Crippen LogP contribution in [-0.4, -0.2) is 19.6 Å². The van der Waals surface area contributed by atoms with Gasteiger partial charge in [-0.3, -0.25) is 9.55 Å². The van der Waals surface area contributed by atoms with Gasteiger partial charge < -0.3 is 5.11 Å². The largest absolute Gasteiger partial charge is 0.507 e. The number of nitrogens with zero attached hydrogens (tertiary/aromatic N) is 3. The van der Waals surface area contributed by atoms with Gasteiger partial charge in [0, 0.05) is 25.6 Å². The highest BCUT2D eigenvalue weighted by atomic mass is 16.3. The van der Waals surface area contributed by atoms with E-state index in [0.717, 1.165) is 92.6 Å². The summed E-state index contributed by atoms with van der Waals surface area (Å²) >= 11 is 0. The van der Waals surface area contributed by atoms with Crippen molar-refractivity contribution < 1.29 is 7.85 Å². The lowest BCUT2D eigenvalue weighted by Crippen LogP contribution is -2.04. The molecule has 0 bridgehead atoms. The average Bonchev–Trinajstić information content (AvgIpc) is 4.07. The standard InChI is InChI=1S/C60H53N3O/c64-58-26-13-12-23-53(58)60-62-59-52(24-14-25-57(59)63(60)56-32-27-42(35-41-15-10-11-16-41)36-54(56)47-21-8-3-9-22-47)50-37-49(44-19-6-2-7-20-44)38-51(39-50)55-40-48(33-34-61-55)46-30-28-45(29-31-46)43-17-4-1-5-18-43/h2-3,6-9,12-14,19-34,36-41,43,64H,1,4-5,10-11,15-18,35H2/i35D2. The maximum atomic E-state index is 11.5. The molecular weight excluding hydrogens is 779 g/mol. The van der Waals surface area contributed by atoms with E-state index in [0.29, 0.717) is 22.9 Å². The van der Waals surface area contributed by atoms with E-state index in [1.54, 1.807) is 6.07 Å². The molecule has 9 aromatic rings. The Morgan fingerprint density at radius 3 is 1.97 bits per heavy atom. The van der Waals surface area contributed by atoms with Crippen LogP contribution in [0.15, 0.2) is 182 Å². The molecular formula is C60H53N3O. The monoisotopic (exact) mass is 833 g/mol. The summed E-state index contributed by atoms with van der Waals surface area (Å²) in [5, 5.41) is 11.5. The Morgan fingerprint density at radius 1 is 0.516 bits per heavy atom. The second-order valence-corrected chi connectivity index (χ2v) is 17.7. The van der Waals surface area contributed by atoms with Gasteiger partial charge in [0.05, 0.1) is 28.0 Å². The van der Waals surface area contributed by atoms with Crippen LogP contribution < -0.4 is 0 Å².